The predicted molar refractivity (Wildman–Crippen MR) is 361 cm³/mol. The molecule has 1 aromatic heterocycles. The second-order valence-corrected chi connectivity index (χ2v) is 25.9. The lowest BCUT2D eigenvalue weighted by molar-refractivity contribution is -0.134. The zero-order valence-corrected chi connectivity index (χ0v) is 58.0. The summed E-state index contributed by atoms with van der Waals surface area (Å²) in [6.45, 7) is 14.4. The highest BCUT2D eigenvalue weighted by Gasteiger charge is 2.33. The SMILES string of the molecule is CCCCCCCCCCCCCCCC(=O)CCCCOCCOCCOCCCCC(=O)COCC(=O)NCCC[C@H](NC(=O)[C@H](CC(C)C)NC(=O)[C@H](CN=C(N)N)NC(=O)CNC(=O)[C@@H](NC(=O)[C@@H](CC(=O)c1csc(N)n1)CC(C)C)C(C)CC)C(N)=O. The van der Waals surface area contributed by atoms with E-state index in [2.05, 4.69) is 48.8 Å². The number of thiazole rings is 1. The fourth-order valence-electron chi connectivity index (χ4n) is 9.99. The van der Waals surface area contributed by atoms with Gasteiger partial charge in [0.05, 0.1) is 39.5 Å². The first-order valence-corrected chi connectivity index (χ1v) is 35.0. The lowest BCUT2D eigenvalue weighted by Crippen LogP contribution is -2.58. The van der Waals surface area contributed by atoms with Gasteiger partial charge in [0.1, 0.15) is 48.9 Å². The van der Waals surface area contributed by atoms with Gasteiger partial charge in [-0.3, -0.25) is 52.9 Å². The van der Waals surface area contributed by atoms with Gasteiger partial charge in [0.2, 0.25) is 41.4 Å². The van der Waals surface area contributed by atoms with Crippen LogP contribution in [0.1, 0.15) is 226 Å². The number of aromatic nitrogens is 1. The average Bonchev–Trinajstić information content (AvgIpc) is 1.81. The highest BCUT2D eigenvalue weighted by atomic mass is 32.1. The minimum absolute atomic E-state index is 0.0117. The van der Waals surface area contributed by atoms with E-state index in [1.807, 2.05) is 20.8 Å². The molecule has 7 amide bonds. The van der Waals surface area contributed by atoms with E-state index in [4.69, 9.17) is 41.9 Å². The van der Waals surface area contributed by atoms with Gasteiger partial charge in [0, 0.05) is 56.7 Å². The zero-order chi connectivity index (χ0) is 69.2. The van der Waals surface area contributed by atoms with Crippen molar-refractivity contribution in [3.05, 3.63) is 11.1 Å². The standard InChI is InChI=1S/C66H118N12O14S/c1-8-10-11-12-13-14-15-16-17-18-19-20-21-27-50(79)28-22-24-32-89-34-36-91-37-35-90-33-25-23-29-51(80)43-92-44-58(83)71-31-26-30-52(60(67)84)75-62(86)53(39-47(5)6)76-63(87)54(41-73-65(68)69)74-57(82)42-72-64(88)59(48(7)9-2)78-61(85)49(38-46(3)4)40-56(81)55-45-93-66(70)77-55/h45-49,52-54,59H,8-44H2,1-7H3,(H2,67,84)(H2,70,77)(H,71,83)(H,72,88)(H,74,82)(H,75,86)(H,76,87)(H,78,85)(H4,68,69,73)/t48?,49-,52+,53+,54+,59+/m1/s1. The Hall–Kier alpha value is -6.16. The molecular weight excluding hydrogens is 1220 g/mol. The molecule has 0 aliphatic carbocycles. The summed E-state index contributed by atoms with van der Waals surface area (Å²) in [7, 11) is 0. The number of primary amides is 1. The summed E-state index contributed by atoms with van der Waals surface area (Å²) in [6, 6.07) is -5.00. The van der Waals surface area contributed by atoms with E-state index in [-0.39, 0.29) is 86.1 Å². The minimum Gasteiger partial charge on any atom is -0.379 e. The van der Waals surface area contributed by atoms with E-state index in [0.717, 1.165) is 37.0 Å². The van der Waals surface area contributed by atoms with Crippen LogP contribution >= 0.6 is 11.3 Å². The number of nitrogens with zero attached hydrogens (tertiary/aromatic N) is 2. The molecule has 1 unspecified atom stereocenters. The summed E-state index contributed by atoms with van der Waals surface area (Å²) in [4.78, 5) is 139. The molecule has 93 heavy (non-hydrogen) atoms. The van der Waals surface area contributed by atoms with Crippen molar-refractivity contribution >= 4 is 81.1 Å². The van der Waals surface area contributed by atoms with Crippen LogP contribution in [-0.2, 0) is 62.1 Å². The Morgan fingerprint density at radius 1 is 0.538 bits per heavy atom. The molecule has 0 spiro atoms. The van der Waals surface area contributed by atoms with Crippen LogP contribution in [0.3, 0.4) is 0 Å². The van der Waals surface area contributed by atoms with Gasteiger partial charge in [0.15, 0.2) is 22.7 Å². The van der Waals surface area contributed by atoms with E-state index in [0.29, 0.717) is 83.9 Å². The van der Waals surface area contributed by atoms with E-state index in [9.17, 15) is 47.9 Å². The molecule has 0 saturated carbocycles. The van der Waals surface area contributed by atoms with Gasteiger partial charge in [0.25, 0.3) is 0 Å². The maximum absolute atomic E-state index is 13.8. The molecule has 0 aliphatic heterocycles. The number of aliphatic imine (C=N–C) groups is 1. The molecule has 0 saturated heterocycles. The van der Waals surface area contributed by atoms with Crippen molar-refractivity contribution in [1.82, 2.24) is 36.9 Å². The molecule has 0 aromatic carbocycles. The molecule has 0 fully saturated rings. The first kappa shape index (κ1) is 84.9. The first-order chi connectivity index (χ1) is 44.5. The van der Waals surface area contributed by atoms with Gasteiger partial charge in [-0.1, -0.05) is 132 Å². The second-order valence-electron chi connectivity index (χ2n) is 25.0. The number of unbranched alkanes of at least 4 members (excludes halogenated alkanes) is 14. The molecular formula is C66H118N12O14S. The number of carbonyl (C=O) groups excluding carboxylic acids is 10. The number of ketones is 3. The van der Waals surface area contributed by atoms with Gasteiger partial charge in [-0.2, -0.15) is 0 Å². The number of rotatable bonds is 60. The summed E-state index contributed by atoms with van der Waals surface area (Å²) in [5.74, 6) is -6.97. The number of carbonyl (C=O) groups is 10. The van der Waals surface area contributed by atoms with E-state index in [1.54, 1.807) is 20.8 Å². The van der Waals surface area contributed by atoms with E-state index < -0.39 is 96.4 Å². The minimum atomic E-state index is -1.46. The van der Waals surface area contributed by atoms with Crippen LogP contribution in [0.4, 0.5) is 5.13 Å². The fraction of sp³-hybridized carbons (Fsp3) is 0.788. The third-order valence-electron chi connectivity index (χ3n) is 15.5. The lowest BCUT2D eigenvalue weighted by atomic mass is 9.90. The number of amides is 7. The normalized spacial score (nSPS) is 13.3. The van der Waals surface area contributed by atoms with Gasteiger partial charge in [-0.15, -0.1) is 11.3 Å². The Morgan fingerprint density at radius 3 is 1.59 bits per heavy atom. The largest absolute Gasteiger partial charge is 0.379 e. The first-order valence-electron chi connectivity index (χ1n) is 34.2. The number of nitrogen functional groups attached to an aromatic ring is 1. The van der Waals surface area contributed by atoms with Gasteiger partial charge >= 0.3 is 0 Å². The van der Waals surface area contributed by atoms with Crippen LogP contribution in [0.25, 0.3) is 0 Å². The smallest absolute Gasteiger partial charge is 0.246 e. The number of anilines is 1. The Balaban J connectivity index is 2.42. The molecule has 0 radical (unpaired) electrons. The lowest BCUT2D eigenvalue weighted by Gasteiger charge is -2.27. The maximum Gasteiger partial charge on any atom is 0.246 e. The monoisotopic (exact) mass is 1330 g/mol. The second kappa shape index (κ2) is 53.1. The van der Waals surface area contributed by atoms with Crippen molar-refractivity contribution in [1.29, 1.82) is 0 Å². The molecule has 532 valence electrons. The Kier molecular flexibility index (Phi) is 48.5. The van der Waals surface area contributed by atoms with Crippen molar-refractivity contribution in [2.24, 2.45) is 45.9 Å². The van der Waals surface area contributed by atoms with E-state index in [1.165, 1.54) is 76.0 Å². The van der Waals surface area contributed by atoms with Crippen LogP contribution in [-0.4, -0.2) is 166 Å². The quantitative estimate of drug-likeness (QED) is 0.0160. The molecule has 0 bridgehead atoms. The van der Waals surface area contributed by atoms with Crippen LogP contribution in [0, 0.1) is 23.7 Å². The van der Waals surface area contributed by atoms with Gasteiger partial charge in [-0.25, -0.2) is 4.98 Å². The number of nitrogens with one attached hydrogen (secondary N) is 6. The summed E-state index contributed by atoms with van der Waals surface area (Å²) >= 11 is 1.10. The molecule has 27 heteroatoms. The summed E-state index contributed by atoms with van der Waals surface area (Å²) < 4.78 is 22.1. The van der Waals surface area contributed by atoms with Crippen LogP contribution in [0.2, 0.25) is 0 Å². The number of hydrogen-bond acceptors (Lipinski definition) is 18. The number of hydrogen-bond donors (Lipinski definition) is 10. The zero-order valence-electron chi connectivity index (χ0n) is 57.2. The Morgan fingerprint density at radius 2 is 1.06 bits per heavy atom. The summed E-state index contributed by atoms with van der Waals surface area (Å²) in [6.07, 6.45) is 22.3. The Labute approximate surface area is 557 Å². The maximum atomic E-state index is 13.8. The number of ether oxygens (including phenoxy) is 4. The molecule has 1 heterocycles. The predicted octanol–water partition coefficient (Wildman–Crippen LogP) is 5.79. The fourth-order valence-corrected chi connectivity index (χ4v) is 10.6. The molecule has 1 aromatic rings. The molecule has 14 N–H and O–H groups in total. The molecule has 0 aliphatic rings. The van der Waals surface area contributed by atoms with Crippen LogP contribution in [0.15, 0.2) is 10.4 Å². The van der Waals surface area contributed by atoms with Crippen LogP contribution in [0.5, 0.6) is 0 Å². The summed E-state index contributed by atoms with van der Waals surface area (Å²) in [5, 5.41) is 17.3. The highest BCUT2D eigenvalue weighted by molar-refractivity contribution is 7.13. The third kappa shape index (κ3) is 44.2. The van der Waals surface area contributed by atoms with Gasteiger partial charge < -0.3 is 73.8 Å². The average molecular weight is 1340 g/mol. The van der Waals surface area contributed by atoms with E-state index >= 15 is 0 Å². The van der Waals surface area contributed by atoms with Crippen molar-refractivity contribution in [2.75, 3.05) is 78.2 Å². The third-order valence-corrected chi connectivity index (χ3v) is 16.1. The number of nitrogens with two attached hydrogens (primary N) is 4. The van der Waals surface area contributed by atoms with Crippen molar-refractivity contribution < 1.29 is 66.9 Å². The van der Waals surface area contributed by atoms with Crippen molar-refractivity contribution in [3.63, 3.8) is 0 Å². The topological polar surface area (TPSA) is 409 Å². The van der Waals surface area contributed by atoms with Crippen molar-refractivity contribution in [3.8, 4) is 0 Å². The number of guanidine groups is 1. The highest BCUT2D eigenvalue weighted by Crippen LogP contribution is 2.22. The number of Topliss-reactive ketones (excluding diaryl/α,β-unsaturated/α-hetero) is 3. The van der Waals surface area contributed by atoms with Gasteiger partial charge in [-0.05, 0) is 75.5 Å². The molecule has 26 nitrogen and oxygen atoms in total. The molecule has 1 rings (SSSR count). The Bertz CT molecular complexity index is 2360. The van der Waals surface area contributed by atoms with Crippen LogP contribution < -0.4 is 54.8 Å². The van der Waals surface area contributed by atoms with Crippen molar-refractivity contribution in [2.45, 2.75) is 240 Å². The summed E-state index contributed by atoms with van der Waals surface area (Å²) in [5.41, 5.74) is 22.6. The molecule has 6 atom stereocenters.